The molecule has 0 saturated carbocycles. The van der Waals surface area contributed by atoms with Crippen molar-refractivity contribution in [3.8, 4) is 6.07 Å². The molecule has 0 aliphatic carbocycles. The summed E-state index contributed by atoms with van der Waals surface area (Å²) < 4.78 is 13.2. The molecule has 24 nitrogen and oxygen atoms in total. The zero-order chi connectivity index (χ0) is 61.4. The summed E-state index contributed by atoms with van der Waals surface area (Å²) in [6.07, 6.45) is 3.43. The fraction of sp³-hybridized carbons (Fsp3) is 0.632. The number of benzene rings is 1. The number of unbranched alkanes of at least 4 members (excludes halogenated alkanes) is 2. The Hall–Kier alpha value is -7.27. The van der Waals surface area contributed by atoms with E-state index < -0.39 is 58.1 Å². The van der Waals surface area contributed by atoms with Crippen molar-refractivity contribution in [2.45, 2.75) is 153 Å². The lowest BCUT2D eigenvalue weighted by Crippen LogP contribution is -2.51. The highest BCUT2D eigenvalue weighted by Crippen LogP contribution is 2.43. The highest BCUT2D eigenvalue weighted by Gasteiger charge is 2.46. The summed E-state index contributed by atoms with van der Waals surface area (Å²) in [5.74, 6) is -1.28. The van der Waals surface area contributed by atoms with E-state index >= 15 is 0 Å². The molecule has 1 aromatic rings. The number of allylic oxidation sites excluding steroid dienone is 1. The number of fused-ring (bicyclic) bond motifs is 1. The van der Waals surface area contributed by atoms with Crippen molar-refractivity contribution in [1.29, 1.82) is 5.26 Å². The number of hydrogen-bond acceptors (Lipinski definition) is 13. The molecule has 5 aliphatic heterocycles. The molecule has 4 atom stereocenters. The summed E-state index contributed by atoms with van der Waals surface area (Å²) >= 11 is 1.15. The zero-order valence-corrected chi connectivity index (χ0v) is 49.4. The van der Waals surface area contributed by atoms with Crippen LogP contribution in [0.4, 0.5) is 18.8 Å². The average molecular weight is 1180 g/mol. The predicted molar refractivity (Wildman–Crippen MR) is 305 cm³/mol. The third kappa shape index (κ3) is 20.0. The Morgan fingerprint density at radius 2 is 1.47 bits per heavy atom. The first-order chi connectivity index (χ1) is 39.0. The second-order valence-corrected chi connectivity index (χ2v) is 25.0. The molecule has 0 radical (unpaired) electrons. The quantitative estimate of drug-likeness (QED) is 0.104. The maximum atomic E-state index is 14.3. The number of carbonyl (C=O) groups excluding carboxylic acids is 7. The number of likely N-dealkylation sites (tertiary alicyclic amines) is 1. The van der Waals surface area contributed by atoms with Crippen molar-refractivity contribution < 1.29 is 67.7 Å². The van der Waals surface area contributed by atoms with Crippen LogP contribution in [0.1, 0.15) is 122 Å². The molecule has 9 amide bonds. The normalized spacial score (nSPS) is 21.0. The number of nitrogens with one attached hydrogen (secondary N) is 3. The van der Waals surface area contributed by atoms with Crippen LogP contribution in [0.15, 0.2) is 42.6 Å². The minimum absolute atomic E-state index is 0.00165. The van der Waals surface area contributed by atoms with Gasteiger partial charge in [-0.3, -0.25) is 38.5 Å². The van der Waals surface area contributed by atoms with Crippen LogP contribution < -0.4 is 16.0 Å². The minimum Gasteiger partial charge on any atom is -0.465 e. The van der Waals surface area contributed by atoms with Crippen LogP contribution in [0.25, 0.3) is 0 Å². The monoisotopic (exact) mass is 1180 g/mol. The molecule has 3 fully saturated rings. The highest BCUT2D eigenvalue weighted by molar-refractivity contribution is 8.14. The number of amides is 9. The lowest BCUT2D eigenvalue weighted by Gasteiger charge is -2.36. The topological polar surface area (TPSA) is 314 Å². The van der Waals surface area contributed by atoms with Crippen molar-refractivity contribution >= 4 is 70.6 Å². The van der Waals surface area contributed by atoms with Crippen LogP contribution in [0, 0.1) is 11.3 Å². The molecule has 5 heterocycles. The number of rotatable bonds is 19. The molecule has 4 unspecified atom stereocenters. The standard InChI is InChI=1S/C46H68N8O11S.C11H14FN3O2/c1-32-16-17-40(58)54(32)19-10-8-15-38(56)47-18-9-7-14-37(41(59)66-46(5,6)31-45(3,4)36-13-11-12-34-28-53(33(2)55)29-35(34)36)48-39(57)30-49-20-22-50(42(60)61)24-26-52(44(64)65)27-25-51(23-21-49)43(62)63;1-11(12)4-7(5-13)15(6-11)10(17)8-2-3-9(16)14-8/h11-13,16-17,37H,1,7-10,14-15,18-31H2,2-6H3,(H,47,56)(H,48,57)(H,60,61)(H,62,63)(H,64,65);7-8H,2-4,6H2,1H3,(H,14,16). The van der Waals surface area contributed by atoms with Crippen LogP contribution in [-0.2, 0) is 52.1 Å². The Morgan fingerprint density at radius 3 is 2.01 bits per heavy atom. The maximum absolute atomic E-state index is 14.3. The molecule has 6 rings (SSSR count). The van der Waals surface area contributed by atoms with Gasteiger partial charge in [0.25, 0.3) is 5.91 Å². The Morgan fingerprint density at radius 1 is 0.855 bits per heavy atom. The Labute approximate surface area is 488 Å². The second kappa shape index (κ2) is 29.8. The van der Waals surface area contributed by atoms with E-state index in [2.05, 4.69) is 42.4 Å². The molecular formula is C57H82FN11O13S. The minimum atomic E-state index is -1.52. The van der Waals surface area contributed by atoms with E-state index in [1.54, 1.807) is 27.7 Å². The fourth-order valence-corrected chi connectivity index (χ4v) is 12.5. The third-order valence-electron chi connectivity index (χ3n) is 15.4. The number of alkyl halides is 1. The first kappa shape index (κ1) is 66.5. The van der Waals surface area contributed by atoms with E-state index in [0.29, 0.717) is 76.8 Å². The summed E-state index contributed by atoms with van der Waals surface area (Å²) in [5, 5.41) is 46.4. The number of hydrogen-bond donors (Lipinski definition) is 6. The first-order valence-electron chi connectivity index (χ1n) is 28.2. The second-order valence-electron chi connectivity index (χ2n) is 23.3. The summed E-state index contributed by atoms with van der Waals surface area (Å²) in [5.41, 5.74) is 2.04. The molecule has 26 heteroatoms. The van der Waals surface area contributed by atoms with Gasteiger partial charge in [0.2, 0.25) is 34.7 Å². The number of thioether (sulfide) groups is 1. The van der Waals surface area contributed by atoms with Gasteiger partial charge in [-0.1, -0.05) is 64.2 Å². The molecule has 0 aromatic heterocycles. The van der Waals surface area contributed by atoms with Gasteiger partial charge >= 0.3 is 18.3 Å². The van der Waals surface area contributed by atoms with Crippen molar-refractivity contribution in [2.75, 3.05) is 78.5 Å². The van der Waals surface area contributed by atoms with Gasteiger partial charge in [0.1, 0.15) is 17.8 Å². The average Bonchev–Trinajstić information content (AvgIpc) is 3.64. The maximum Gasteiger partial charge on any atom is 0.407 e. The van der Waals surface area contributed by atoms with Gasteiger partial charge in [-0.15, -0.1) is 0 Å². The van der Waals surface area contributed by atoms with Crippen LogP contribution >= 0.6 is 11.8 Å². The summed E-state index contributed by atoms with van der Waals surface area (Å²) in [6.45, 7) is 15.8. The lowest BCUT2D eigenvalue weighted by molar-refractivity contribution is -0.134. The number of halogens is 1. The third-order valence-corrected chi connectivity index (χ3v) is 16.6. The van der Waals surface area contributed by atoms with Crippen molar-refractivity contribution in [3.05, 3.63) is 59.3 Å². The molecule has 3 saturated heterocycles. The molecule has 6 N–H and O–H groups in total. The molecule has 1 aromatic carbocycles. The van der Waals surface area contributed by atoms with E-state index in [0.717, 1.165) is 43.2 Å². The Kier molecular flexibility index (Phi) is 23.9. The van der Waals surface area contributed by atoms with E-state index in [1.807, 2.05) is 32.0 Å². The summed E-state index contributed by atoms with van der Waals surface area (Å²) in [4.78, 5) is 133. The van der Waals surface area contributed by atoms with E-state index in [1.165, 1.54) is 17.9 Å². The number of carbonyl (C=O) groups is 10. The van der Waals surface area contributed by atoms with Crippen LogP contribution in [-0.4, -0.2) is 216 Å². The Bertz CT molecular complexity index is 2630. The van der Waals surface area contributed by atoms with Gasteiger partial charge in [0.05, 0.1) is 25.2 Å². The Balaban J connectivity index is 0.000000628. The smallest absolute Gasteiger partial charge is 0.407 e. The fourth-order valence-electron chi connectivity index (χ4n) is 11.2. The highest BCUT2D eigenvalue weighted by atomic mass is 32.2. The van der Waals surface area contributed by atoms with E-state index in [9.17, 15) is 67.7 Å². The number of nitrogens with zero attached hydrogens (tertiary/aromatic N) is 8. The summed E-state index contributed by atoms with van der Waals surface area (Å²) in [6, 6.07) is 5.80. The molecular weight excluding hydrogens is 1100 g/mol. The molecule has 0 bridgehead atoms. The van der Waals surface area contributed by atoms with Gasteiger partial charge in [-0.2, -0.15) is 5.26 Å². The van der Waals surface area contributed by atoms with Crippen LogP contribution in [0.2, 0.25) is 0 Å². The zero-order valence-electron chi connectivity index (χ0n) is 48.6. The van der Waals surface area contributed by atoms with Gasteiger partial charge in [0, 0.05) is 121 Å². The van der Waals surface area contributed by atoms with Crippen molar-refractivity contribution in [1.82, 2.24) is 50.2 Å². The number of nitriles is 1. The van der Waals surface area contributed by atoms with Crippen LogP contribution in [0.5, 0.6) is 0 Å². The predicted octanol–water partition coefficient (Wildman–Crippen LogP) is 4.48. The molecule has 0 spiro atoms. The summed E-state index contributed by atoms with van der Waals surface area (Å²) in [7, 11) is 0. The van der Waals surface area contributed by atoms with Crippen LogP contribution in [0.3, 0.4) is 0 Å². The molecule has 5 aliphatic rings. The van der Waals surface area contributed by atoms with E-state index in [-0.39, 0.29) is 119 Å². The van der Waals surface area contributed by atoms with Gasteiger partial charge in [-0.25, -0.2) is 18.8 Å². The number of carboxylic acid groups (broad SMARTS) is 3. The SMILES string of the molecule is C=C1C=CC(=O)N1CCCCC(=O)NCCCCC(NC(=O)CN1CCN(C(=O)O)CCN(C(=O)O)CCN(C(=O)O)CC1)C(=O)SC(C)(C)CC(C)(C)c1cccc2c1CN(C(C)=O)C2.CC1(F)CC(C#N)N(C(=O)C2CCC(=O)N2)C1. The molecule has 456 valence electrons. The first-order valence-corrected chi connectivity index (χ1v) is 29.0. The van der Waals surface area contributed by atoms with Gasteiger partial charge in [-0.05, 0) is 80.1 Å². The molecule has 83 heavy (non-hydrogen) atoms. The van der Waals surface area contributed by atoms with Crippen molar-refractivity contribution in [2.24, 2.45) is 0 Å². The van der Waals surface area contributed by atoms with Gasteiger partial charge in [0.15, 0.2) is 0 Å². The lowest BCUT2D eigenvalue weighted by atomic mass is 9.75. The largest absolute Gasteiger partial charge is 0.465 e. The van der Waals surface area contributed by atoms with Crippen molar-refractivity contribution in [3.63, 3.8) is 0 Å². The van der Waals surface area contributed by atoms with Gasteiger partial charge < -0.3 is 60.7 Å². The van der Waals surface area contributed by atoms with E-state index in [4.69, 9.17) is 5.26 Å².